The highest BCUT2D eigenvalue weighted by Crippen LogP contribution is 2.32. The number of hydrogen-bond donors (Lipinski definition) is 1. The molecule has 2 heterocycles. The lowest BCUT2D eigenvalue weighted by atomic mass is 9.96. The van der Waals surface area contributed by atoms with Crippen molar-refractivity contribution in [2.24, 2.45) is 5.73 Å². The predicted molar refractivity (Wildman–Crippen MR) is 66.5 cm³/mol. The molecule has 0 spiro atoms. The highest BCUT2D eigenvalue weighted by atomic mass is 32.1. The second kappa shape index (κ2) is 5.10. The molecule has 0 atom stereocenters. The van der Waals surface area contributed by atoms with Crippen molar-refractivity contribution in [3.63, 3.8) is 0 Å². The maximum atomic E-state index is 5.57. The zero-order valence-corrected chi connectivity index (χ0v) is 10.2. The maximum Gasteiger partial charge on any atom is 0.00801 e. The minimum absolute atomic E-state index is 0.771. The largest absolute Gasteiger partial charge is 0.330 e. The van der Waals surface area contributed by atoms with Crippen molar-refractivity contribution in [2.75, 3.05) is 26.7 Å². The van der Waals surface area contributed by atoms with Crippen molar-refractivity contribution < 1.29 is 0 Å². The van der Waals surface area contributed by atoms with Crippen LogP contribution < -0.4 is 5.73 Å². The molecule has 0 bridgehead atoms. The molecule has 0 saturated carbocycles. The molecule has 0 radical (unpaired) electrons. The molecule has 0 aliphatic carbocycles. The van der Waals surface area contributed by atoms with Crippen LogP contribution in [0.2, 0.25) is 0 Å². The van der Waals surface area contributed by atoms with Crippen LogP contribution in [0.3, 0.4) is 0 Å². The van der Waals surface area contributed by atoms with Crippen molar-refractivity contribution in [1.29, 1.82) is 0 Å². The molecule has 1 aromatic heterocycles. The molecule has 3 heteroatoms. The van der Waals surface area contributed by atoms with E-state index in [1.54, 1.807) is 4.88 Å². The van der Waals surface area contributed by atoms with Gasteiger partial charge in [0.05, 0.1) is 0 Å². The molecule has 1 aromatic rings. The summed E-state index contributed by atoms with van der Waals surface area (Å²) in [6.07, 6.45) is 3.68. The summed E-state index contributed by atoms with van der Waals surface area (Å²) < 4.78 is 0. The summed E-state index contributed by atoms with van der Waals surface area (Å²) in [6, 6.07) is 4.57. The van der Waals surface area contributed by atoms with Gasteiger partial charge in [0.15, 0.2) is 0 Å². The van der Waals surface area contributed by atoms with Crippen LogP contribution in [-0.2, 0) is 6.42 Å². The van der Waals surface area contributed by atoms with Gasteiger partial charge in [-0.1, -0.05) is 0 Å². The molecular formula is C12H20N2S. The van der Waals surface area contributed by atoms with E-state index in [-0.39, 0.29) is 0 Å². The lowest BCUT2D eigenvalue weighted by Crippen LogP contribution is -2.28. The summed E-state index contributed by atoms with van der Waals surface area (Å²) in [6.45, 7) is 3.26. The summed E-state index contributed by atoms with van der Waals surface area (Å²) in [5.41, 5.74) is 5.57. The summed E-state index contributed by atoms with van der Waals surface area (Å²) >= 11 is 1.97. The second-order valence-electron chi connectivity index (χ2n) is 4.42. The van der Waals surface area contributed by atoms with Crippen molar-refractivity contribution >= 4 is 11.3 Å². The van der Waals surface area contributed by atoms with Crippen LogP contribution in [0.4, 0.5) is 0 Å². The van der Waals surface area contributed by atoms with Crippen molar-refractivity contribution in [3.8, 4) is 0 Å². The highest BCUT2D eigenvalue weighted by molar-refractivity contribution is 7.12. The monoisotopic (exact) mass is 224 g/mol. The van der Waals surface area contributed by atoms with Gasteiger partial charge in [-0.25, -0.2) is 0 Å². The SMILES string of the molecule is CN1CCC(c2ccc(CCN)s2)CC1. The first-order chi connectivity index (χ1) is 7.29. The summed E-state index contributed by atoms with van der Waals surface area (Å²) in [5, 5.41) is 0. The number of rotatable bonds is 3. The average Bonchev–Trinajstić information content (AvgIpc) is 2.68. The van der Waals surface area contributed by atoms with Crippen molar-refractivity contribution in [3.05, 3.63) is 21.9 Å². The van der Waals surface area contributed by atoms with Gasteiger partial charge in [0.2, 0.25) is 0 Å². The first kappa shape index (κ1) is 11.1. The van der Waals surface area contributed by atoms with E-state index >= 15 is 0 Å². The zero-order valence-electron chi connectivity index (χ0n) is 9.41. The van der Waals surface area contributed by atoms with E-state index in [1.165, 1.54) is 30.8 Å². The fraction of sp³-hybridized carbons (Fsp3) is 0.667. The Morgan fingerprint density at radius 2 is 2.13 bits per heavy atom. The Kier molecular flexibility index (Phi) is 3.78. The van der Waals surface area contributed by atoms with E-state index in [0.29, 0.717) is 0 Å². The first-order valence-corrected chi connectivity index (χ1v) is 6.58. The number of nitrogens with two attached hydrogens (primary N) is 1. The van der Waals surface area contributed by atoms with Gasteiger partial charge in [0.1, 0.15) is 0 Å². The van der Waals surface area contributed by atoms with Gasteiger partial charge in [0.25, 0.3) is 0 Å². The fourth-order valence-corrected chi connectivity index (χ4v) is 3.38. The summed E-state index contributed by atoms with van der Waals surface area (Å²) in [5.74, 6) is 0.803. The Hall–Kier alpha value is -0.380. The number of hydrogen-bond acceptors (Lipinski definition) is 3. The molecule has 1 fully saturated rings. The first-order valence-electron chi connectivity index (χ1n) is 5.77. The van der Waals surface area contributed by atoms with Crippen LogP contribution >= 0.6 is 11.3 Å². The van der Waals surface area contributed by atoms with E-state index in [4.69, 9.17) is 5.73 Å². The van der Waals surface area contributed by atoms with Crippen LogP contribution in [0, 0.1) is 0 Å². The molecule has 1 saturated heterocycles. The topological polar surface area (TPSA) is 29.3 Å². The summed E-state index contributed by atoms with van der Waals surface area (Å²) in [4.78, 5) is 5.45. The molecule has 15 heavy (non-hydrogen) atoms. The van der Waals surface area contributed by atoms with Crippen molar-refractivity contribution in [2.45, 2.75) is 25.2 Å². The Bertz CT molecular complexity index is 300. The Morgan fingerprint density at radius 1 is 1.40 bits per heavy atom. The van der Waals surface area contributed by atoms with Gasteiger partial charge < -0.3 is 10.6 Å². The number of likely N-dealkylation sites (tertiary alicyclic amines) is 1. The molecule has 84 valence electrons. The normalized spacial score (nSPS) is 19.6. The van der Waals surface area contributed by atoms with Gasteiger partial charge in [-0.15, -0.1) is 11.3 Å². The minimum atomic E-state index is 0.771. The molecule has 2 rings (SSSR count). The zero-order chi connectivity index (χ0) is 10.7. The van der Waals surface area contributed by atoms with Gasteiger partial charge >= 0.3 is 0 Å². The number of nitrogens with zero attached hydrogens (tertiary/aromatic N) is 1. The highest BCUT2D eigenvalue weighted by Gasteiger charge is 2.19. The molecule has 1 aliphatic rings. The lowest BCUT2D eigenvalue weighted by Gasteiger charge is -2.28. The molecule has 0 amide bonds. The van der Waals surface area contributed by atoms with Crippen LogP contribution in [0.5, 0.6) is 0 Å². The standard InChI is InChI=1S/C12H20N2S/c1-14-8-5-10(6-9-14)12-3-2-11(15-12)4-7-13/h2-3,10H,4-9,13H2,1H3. The third-order valence-corrected chi connectivity index (χ3v) is 4.50. The second-order valence-corrected chi connectivity index (χ2v) is 5.62. The minimum Gasteiger partial charge on any atom is -0.330 e. The average molecular weight is 224 g/mol. The van der Waals surface area contributed by atoms with Crippen LogP contribution in [-0.4, -0.2) is 31.6 Å². The molecule has 2 nitrogen and oxygen atoms in total. The molecule has 1 aliphatic heterocycles. The Morgan fingerprint density at radius 3 is 2.80 bits per heavy atom. The van der Waals surface area contributed by atoms with E-state index < -0.39 is 0 Å². The number of piperidine rings is 1. The fourth-order valence-electron chi connectivity index (χ4n) is 2.18. The van der Waals surface area contributed by atoms with Crippen LogP contribution in [0.15, 0.2) is 12.1 Å². The van der Waals surface area contributed by atoms with E-state index in [0.717, 1.165) is 18.9 Å². The van der Waals surface area contributed by atoms with E-state index in [9.17, 15) is 0 Å². The predicted octanol–water partition coefficient (Wildman–Crippen LogP) is 2.06. The molecule has 0 aromatic carbocycles. The van der Waals surface area contributed by atoms with Gasteiger partial charge in [-0.2, -0.15) is 0 Å². The van der Waals surface area contributed by atoms with Gasteiger partial charge in [-0.05, 0) is 64.0 Å². The quantitative estimate of drug-likeness (QED) is 0.851. The van der Waals surface area contributed by atoms with Gasteiger partial charge in [0, 0.05) is 9.75 Å². The third-order valence-electron chi connectivity index (χ3n) is 3.19. The number of thiophene rings is 1. The Balaban J connectivity index is 1.96. The van der Waals surface area contributed by atoms with Gasteiger partial charge in [-0.3, -0.25) is 0 Å². The molecular weight excluding hydrogens is 204 g/mol. The molecule has 2 N–H and O–H groups in total. The Labute approximate surface area is 96.1 Å². The van der Waals surface area contributed by atoms with Crippen molar-refractivity contribution in [1.82, 2.24) is 4.90 Å². The van der Waals surface area contributed by atoms with E-state index in [2.05, 4.69) is 24.1 Å². The van der Waals surface area contributed by atoms with Crippen LogP contribution in [0.1, 0.15) is 28.5 Å². The lowest BCUT2D eigenvalue weighted by molar-refractivity contribution is 0.257. The molecule has 0 unspecified atom stereocenters. The smallest absolute Gasteiger partial charge is 0.00801 e. The summed E-state index contributed by atoms with van der Waals surface area (Å²) in [7, 11) is 2.21. The van der Waals surface area contributed by atoms with E-state index in [1.807, 2.05) is 11.3 Å². The third kappa shape index (κ3) is 2.80. The maximum absolute atomic E-state index is 5.57. The van der Waals surface area contributed by atoms with Crippen LogP contribution in [0.25, 0.3) is 0 Å².